The number of benzene rings is 1. The Morgan fingerprint density at radius 1 is 1.17 bits per heavy atom. The smallest absolute Gasteiger partial charge is 0.301 e. The maximum absolute atomic E-state index is 14.9. The van der Waals surface area contributed by atoms with E-state index in [1.165, 1.54) is 25.4 Å². The number of anilines is 3. The normalized spacial score (nSPS) is 21.9. The van der Waals surface area contributed by atoms with Crippen molar-refractivity contribution in [3.8, 4) is 29.0 Å². The molecule has 3 aromatic rings. The van der Waals surface area contributed by atoms with Gasteiger partial charge in [-0.15, -0.1) is 0 Å². The molecule has 0 unspecified atom stereocenters. The molecule has 1 amide bonds. The van der Waals surface area contributed by atoms with Gasteiger partial charge >= 0.3 is 5.92 Å². The van der Waals surface area contributed by atoms with E-state index in [2.05, 4.69) is 37.0 Å². The van der Waals surface area contributed by atoms with Crippen LogP contribution < -0.4 is 19.7 Å². The van der Waals surface area contributed by atoms with Crippen molar-refractivity contribution in [1.29, 1.82) is 5.26 Å². The Hall–Kier alpha value is -4.65. The summed E-state index contributed by atoms with van der Waals surface area (Å²) in [7, 11) is 1.59. The van der Waals surface area contributed by atoms with E-state index in [1.807, 2.05) is 18.2 Å². The molecule has 2 N–H and O–H groups in total. The first-order valence-electron chi connectivity index (χ1n) is 15.8. The molecule has 3 aliphatic rings. The van der Waals surface area contributed by atoms with Crippen molar-refractivity contribution in [2.45, 2.75) is 50.5 Å². The predicted octanol–water partition coefficient (Wildman–Crippen LogP) is 3.07. The van der Waals surface area contributed by atoms with Crippen LogP contribution in [0.15, 0.2) is 42.7 Å². The number of nitriles is 1. The summed E-state index contributed by atoms with van der Waals surface area (Å²) in [5, 5.41) is 22.5. The molecule has 15 heteroatoms. The van der Waals surface area contributed by atoms with Gasteiger partial charge in [-0.2, -0.15) is 10.2 Å². The molecule has 2 aromatic heterocycles. The monoisotopic (exact) mass is 664 g/mol. The van der Waals surface area contributed by atoms with Crippen LogP contribution in [0.25, 0.3) is 11.3 Å². The van der Waals surface area contributed by atoms with E-state index in [0.717, 1.165) is 43.4 Å². The Morgan fingerprint density at radius 3 is 2.65 bits per heavy atom. The van der Waals surface area contributed by atoms with Gasteiger partial charge in [0.2, 0.25) is 5.88 Å². The SMILES string of the molecule is COc1nc(Nc2cc(-c3ccc(O[C@H]4CCN(C(=O)[C@H](C)O)CC4(F)F)c(C#N)c3)ncn2)ccc1N1CCN(C2COC2)C[C@H]1C. The highest BCUT2D eigenvalue weighted by molar-refractivity contribution is 5.80. The second kappa shape index (κ2) is 13.8. The predicted molar refractivity (Wildman–Crippen MR) is 171 cm³/mol. The van der Waals surface area contributed by atoms with Crippen LogP contribution in [0, 0.1) is 11.3 Å². The lowest BCUT2D eigenvalue weighted by molar-refractivity contribution is -0.165. The molecular formula is C33H38F2N8O5. The number of aliphatic hydroxyl groups is 1. The fourth-order valence-electron chi connectivity index (χ4n) is 6.25. The third-order valence-electron chi connectivity index (χ3n) is 8.93. The van der Waals surface area contributed by atoms with Crippen LogP contribution in [-0.2, 0) is 9.53 Å². The number of nitrogens with one attached hydrogen (secondary N) is 1. The third kappa shape index (κ3) is 6.96. The van der Waals surface area contributed by atoms with Crippen molar-refractivity contribution in [2.24, 2.45) is 0 Å². The van der Waals surface area contributed by atoms with Crippen molar-refractivity contribution >= 4 is 23.2 Å². The highest BCUT2D eigenvalue weighted by Crippen LogP contribution is 2.35. The molecule has 13 nitrogen and oxygen atoms in total. The number of rotatable bonds is 9. The summed E-state index contributed by atoms with van der Waals surface area (Å²) in [6.45, 7) is 6.84. The number of piperazine rings is 1. The zero-order valence-corrected chi connectivity index (χ0v) is 27.0. The van der Waals surface area contributed by atoms with Gasteiger partial charge in [0, 0.05) is 50.3 Å². The van der Waals surface area contributed by atoms with E-state index in [9.17, 15) is 23.9 Å². The summed E-state index contributed by atoms with van der Waals surface area (Å²) < 4.78 is 46.6. The molecule has 0 aliphatic carbocycles. The van der Waals surface area contributed by atoms with E-state index in [-0.39, 0.29) is 30.3 Å². The number of carbonyl (C=O) groups is 1. The van der Waals surface area contributed by atoms with Crippen LogP contribution in [0.4, 0.5) is 26.1 Å². The molecule has 3 aliphatic heterocycles. The average molecular weight is 665 g/mol. The van der Waals surface area contributed by atoms with E-state index in [4.69, 9.17) is 14.2 Å². The zero-order valence-electron chi connectivity index (χ0n) is 27.0. The summed E-state index contributed by atoms with van der Waals surface area (Å²) >= 11 is 0. The Balaban J connectivity index is 1.13. The summed E-state index contributed by atoms with van der Waals surface area (Å²) in [6, 6.07) is 12.9. The first-order chi connectivity index (χ1) is 23.1. The molecule has 48 heavy (non-hydrogen) atoms. The Labute approximate surface area is 277 Å². The van der Waals surface area contributed by atoms with Crippen LogP contribution in [0.3, 0.4) is 0 Å². The van der Waals surface area contributed by atoms with Gasteiger partial charge in [0.25, 0.3) is 5.91 Å². The van der Waals surface area contributed by atoms with Crippen molar-refractivity contribution in [1.82, 2.24) is 24.8 Å². The van der Waals surface area contributed by atoms with Crippen LogP contribution in [0.5, 0.6) is 11.6 Å². The van der Waals surface area contributed by atoms with Crippen molar-refractivity contribution in [3.05, 3.63) is 48.3 Å². The molecule has 3 fully saturated rings. The van der Waals surface area contributed by atoms with Crippen molar-refractivity contribution < 1.29 is 32.9 Å². The lowest BCUT2D eigenvalue weighted by Crippen LogP contribution is -2.59. The number of aliphatic hydroxyl groups excluding tert-OH is 1. The second-order valence-corrected chi connectivity index (χ2v) is 12.3. The maximum Gasteiger partial charge on any atom is 0.301 e. The lowest BCUT2D eigenvalue weighted by atomic mass is 10.0. The average Bonchev–Trinajstić information content (AvgIpc) is 3.04. The van der Waals surface area contributed by atoms with Crippen LogP contribution in [-0.4, -0.2) is 119 Å². The van der Waals surface area contributed by atoms with Gasteiger partial charge < -0.3 is 34.4 Å². The van der Waals surface area contributed by atoms with Crippen molar-refractivity contribution in [3.63, 3.8) is 0 Å². The molecule has 3 saturated heterocycles. The summed E-state index contributed by atoms with van der Waals surface area (Å²) in [5.74, 6) is -2.69. The molecule has 0 saturated carbocycles. The number of pyridine rings is 1. The molecule has 254 valence electrons. The molecule has 3 atom stereocenters. The van der Waals surface area contributed by atoms with Gasteiger partial charge in [0.15, 0.2) is 6.10 Å². The Morgan fingerprint density at radius 2 is 1.98 bits per heavy atom. The topological polar surface area (TPSA) is 149 Å². The number of ether oxygens (including phenoxy) is 3. The second-order valence-electron chi connectivity index (χ2n) is 12.3. The standard InChI is InChI=1S/C33H38F2N8O5/c1-20-15-41(24-16-47-17-24)10-11-43(20)26-5-7-29(40-31(26)46-3)39-30-13-25(37-19-38-30)22-4-6-27(23(12-22)14-36)48-28-8-9-42(18-33(28,34)35)32(45)21(2)44/h4-7,12-13,19-21,24,28,44H,8-11,15-18H2,1-3H3,(H,37,38,39,40)/t20-,21+,28+/m1/s1. The number of aromatic nitrogens is 3. The van der Waals surface area contributed by atoms with Gasteiger partial charge in [0.1, 0.15) is 41.6 Å². The van der Waals surface area contributed by atoms with Gasteiger partial charge in [-0.25, -0.2) is 18.7 Å². The molecule has 0 radical (unpaired) electrons. The number of methoxy groups -OCH3 is 1. The summed E-state index contributed by atoms with van der Waals surface area (Å²) in [6.07, 6.45) is -1.71. The number of alkyl halides is 2. The quantitative estimate of drug-likeness (QED) is 0.346. The number of likely N-dealkylation sites (tertiary alicyclic amines) is 1. The van der Waals surface area contributed by atoms with Gasteiger partial charge in [-0.1, -0.05) is 0 Å². The first kappa shape index (κ1) is 33.3. The number of hydrogen-bond donors (Lipinski definition) is 2. The Bertz CT molecular complexity index is 1680. The fraction of sp³-hybridized carbons (Fsp3) is 0.485. The van der Waals surface area contributed by atoms with E-state index < -0.39 is 30.6 Å². The number of carbonyl (C=O) groups excluding carboxylic acids is 1. The van der Waals surface area contributed by atoms with E-state index in [1.54, 1.807) is 19.2 Å². The van der Waals surface area contributed by atoms with Gasteiger partial charge in [0.05, 0.1) is 44.2 Å². The lowest BCUT2D eigenvalue weighted by Gasteiger charge is -2.46. The summed E-state index contributed by atoms with van der Waals surface area (Å²) in [4.78, 5) is 31.1. The minimum absolute atomic E-state index is 0.00203. The van der Waals surface area contributed by atoms with E-state index >= 15 is 0 Å². The van der Waals surface area contributed by atoms with Gasteiger partial charge in [-0.05, 0) is 44.2 Å². The minimum atomic E-state index is -3.38. The maximum atomic E-state index is 14.9. The molecule has 1 aromatic carbocycles. The minimum Gasteiger partial charge on any atom is -0.483 e. The third-order valence-corrected chi connectivity index (χ3v) is 8.93. The number of nitrogens with zero attached hydrogens (tertiary/aromatic N) is 7. The highest BCUT2D eigenvalue weighted by Gasteiger charge is 2.48. The van der Waals surface area contributed by atoms with Crippen LogP contribution in [0.2, 0.25) is 0 Å². The fourth-order valence-corrected chi connectivity index (χ4v) is 6.25. The zero-order chi connectivity index (χ0) is 34.0. The number of halogens is 2. The molecular weight excluding hydrogens is 626 g/mol. The Kier molecular flexibility index (Phi) is 9.58. The van der Waals surface area contributed by atoms with Crippen LogP contribution in [0.1, 0.15) is 25.8 Å². The highest BCUT2D eigenvalue weighted by atomic mass is 19.3. The first-order valence-corrected chi connectivity index (χ1v) is 15.8. The van der Waals surface area contributed by atoms with Gasteiger partial charge in [-0.3, -0.25) is 9.69 Å². The number of piperidine rings is 1. The molecule has 6 rings (SSSR count). The number of hydrogen-bond acceptors (Lipinski definition) is 12. The molecule has 5 heterocycles. The summed E-state index contributed by atoms with van der Waals surface area (Å²) in [5.41, 5.74) is 2.00. The van der Waals surface area contributed by atoms with E-state index in [0.29, 0.717) is 34.8 Å². The number of amides is 1. The largest absolute Gasteiger partial charge is 0.483 e. The molecule has 0 bridgehead atoms. The van der Waals surface area contributed by atoms with Crippen molar-refractivity contribution in [2.75, 3.05) is 63.3 Å². The molecule has 0 spiro atoms. The van der Waals surface area contributed by atoms with Crippen LogP contribution >= 0.6 is 0 Å².